The highest BCUT2D eigenvalue weighted by Gasteiger charge is 2.20. The zero-order chi connectivity index (χ0) is 17.9. The molecule has 1 N–H and O–H groups in total. The maximum atomic E-state index is 12.5. The summed E-state index contributed by atoms with van der Waals surface area (Å²) in [6, 6.07) is 10.5. The van der Waals surface area contributed by atoms with Crippen LogP contribution < -0.4 is 4.72 Å². The largest absolute Gasteiger partial charge is 0.342 e. The highest BCUT2D eigenvalue weighted by atomic mass is 32.2. The fourth-order valence-electron chi connectivity index (χ4n) is 2.83. The zero-order valence-corrected chi connectivity index (χ0v) is 15.8. The molecule has 0 unspecified atom stereocenters. The molecule has 5 nitrogen and oxygen atoms in total. The van der Waals surface area contributed by atoms with Crippen LogP contribution in [0.4, 0.5) is 5.69 Å². The number of benzene rings is 1. The van der Waals surface area contributed by atoms with E-state index in [0.717, 1.165) is 47.7 Å². The monoisotopic (exact) mass is 378 g/mol. The molecule has 1 aliphatic heterocycles. The molecule has 1 aromatic heterocycles. The molecule has 1 amide bonds. The summed E-state index contributed by atoms with van der Waals surface area (Å²) < 4.78 is 27.8. The lowest BCUT2D eigenvalue weighted by molar-refractivity contribution is -0.131. The van der Waals surface area contributed by atoms with E-state index in [-0.39, 0.29) is 16.5 Å². The quantitative estimate of drug-likeness (QED) is 0.867. The van der Waals surface area contributed by atoms with Gasteiger partial charge >= 0.3 is 0 Å². The molecule has 1 saturated heterocycles. The molecule has 0 saturated carbocycles. The summed E-state index contributed by atoms with van der Waals surface area (Å²) in [5.74, 6) is 0.0805. The molecule has 1 aromatic carbocycles. The number of carbonyl (C=O) groups excluding carboxylic acids is 1. The Morgan fingerprint density at radius 3 is 2.44 bits per heavy atom. The average molecular weight is 379 g/mol. The van der Waals surface area contributed by atoms with Crippen LogP contribution in [0.5, 0.6) is 0 Å². The lowest BCUT2D eigenvalue weighted by Crippen LogP contribution is -2.36. The van der Waals surface area contributed by atoms with E-state index in [9.17, 15) is 13.2 Å². The van der Waals surface area contributed by atoms with Gasteiger partial charge in [-0.3, -0.25) is 9.52 Å². The number of likely N-dealkylation sites (tertiary alicyclic amines) is 1. The van der Waals surface area contributed by atoms with Crippen LogP contribution in [-0.2, 0) is 21.2 Å². The average Bonchev–Trinajstić information content (AvgIpc) is 3.07. The molecule has 7 heteroatoms. The number of sulfonamides is 1. The zero-order valence-electron chi connectivity index (χ0n) is 14.2. The number of piperidine rings is 1. The number of hydrogen-bond acceptors (Lipinski definition) is 4. The summed E-state index contributed by atoms with van der Waals surface area (Å²) in [7, 11) is -3.62. The molecule has 25 heavy (non-hydrogen) atoms. The summed E-state index contributed by atoms with van der Waals surface area (Å²) in [6.07, 6.45) is 3.55. The predicted molar refractivity (Wildman–Crippen MR) is 100 cm³/mol. The Bertz CT molecular complexity index is 835. The molecule has 0 radical (unpaired) electrons. The molecule has 0 bridgehead atoms. The van der Waals surface area contributed by atoms with Crippen molar-refractivity contribution in [3.63, 3.8) is 0 Å². The summed E-state index contributed by atoms with van der Waals surface area (Å²) in [5, 5.41) is 0. The summed E-state index contributed by atoms with van der Waals surface area (Å²) in [4.78, 5) is 15.0. The minimum absolute atomic E-state index is 0.0805. The summed E-state index contributed by atoms with van der Waals surface area (Å²) in [6.45, 7) is 3.57. The van der Waals surface area contributed by atoms with Crippen molar-refractivity contribution in [2.24, 2.45) is 0 Å². The Balaban J connectivity index is 1.67. The van der Waals surface area contributed by atoms with Crippen molar-refractivity contribution in [3.05, 3.63) is 46.8 Å². The first-order chi connectivity index (χ1) is 11.9. The minimum Gasteiger partial charge on any atom is -0.342 e. The van der Waals surface area contributed by atoms with Gasteiger partial charge in [-0.05, 0) is 50.5 Å². The topological polar surface area (TPSA) is 66.5 Å². The van der Waals surface area contributed by atoms with Crippen LogP contribution in [0, 0.1) is 6.92 Å². The highest BCUT2D eigenvalue weighted by molar-refractivity contribution is 7.94. The molecule has 1 fully saturated rings. The Kier molecular flexibility index (Phi) is 5.44. The number of rotatable bonds is 5. The van der Waals surface area contributed by atoms with Crippen molar-refractivity contribution < 1.29 is 13.2 Å². The number of hydrogen-bond donors (Lipinski definition) is 1. The van der Waals surface area contributed by atoms with Gasteiger partial charge in [0.15, 0.2) is 0 Å². The third-order valence-electron chi connectivity index (χ3n) is 4.24. The van der Waals surface area contributed by atoms with Crippen LogP contribution in [0.3, 0.4) is 0 Å². The fourth-order valence-corrected chi connectivity index (χ4v) is 5.23. The normalized spacial score (nSPS) is 15.2. The molecule has 0 spiro atoms. The first kappa shape index (κ1) is 17.9. The molecule has 1 aliphatic rings. The van der Waals surface area contributed by atoms with Gasteiger partial charge in [0.25, 0.3) is 10.0 Å². The van der Waals surface area contributed by atoms with E-state index in [0.29, 0.717) is 5.69 Å². The highest BCUT2D eigenvalue weighted by Crippen LogP contribution is 2.25. The van der Waals surface area contributed by atoms with E-state index < -0.39 is 10.0 Å². The number of carbonyl (C=O) groups is 1. The van der Waals surface area contributed by atoms with Gasteiger partial charge in [-0.15, -0.1) is 11.3 Å². The Labute approximate surface area is 152 Å². The third kappa shape index (κ3) is 4.61. The van der Waals surface area contributed by atoms with E-state index >= 15 is 0 Å². The lowest BCUT2D eigenvalue weighted by Gasteiger charge is -2.26. The number of thiophene rings is 1. The predicted octanol–water partition coefficient (Wildman–Crippen LogP) is 3.41. The van der Waals surface area contributed by atoms with Crippen LogP contribution >= 0.6 is 11.3 Å². The maximum Gasteiger partial charge on any atom is 0.271 e. The molecular weight excluding hydrogens is 356 g/mol. The van der Waals surface area contributed by atoms with Gasteiger partial charge in [-0.2, -0.15) is 0 Å². The van der Waals surface area contributed by atoms with Crippen molar-refractivity contribution in [2.45, 2.75) is 36.8 Å². The van der Waals surface area contributed by atoms with Crippen LogP contribution in [0.2, 0.25) is 0 Å². The van der Waals surface area contributed by atoms with E-state index in [1.165, 1.54) is 6.42 Å². The van der Waals surface area contributed by atoms with Crippen LogP contribution in [0.1, 0.15) is 29.7 Å². The molecule has 0 aliphatic carbocycles. The smallest absolute Gasteiger partial charge is 0.271 e. The molecule has 0 atom stereocenters. The number of nitrogens with zero attached hydrogens (tertiary/aromatic N) is 1. The number of amides is 1. The molecule has 134 valence electrons. The molecule has 3 rings (SSSR count). The third-order valence-corrected chi connectivity index (χ3v) is 7.20. The molecule has 2 aromatic rings. The van der Waals surface area contributed by atoms with Crippen molar-refractivity contribution in [3.8, 4) is 0 Å². The van der Waals surface area contributed by atoms with Gasteiger partial charge in [-0.1, -0.05) is 17.7 Å². The first-order valence-electron chi connectivity index (χ1n) is 8.40. The van der Waals surface area contributed by atoms with Crippen LogP contribution in [0.25, 0.3) is 0 Å². The van der Waals surface area contributed by atoms with Gasteiger partial charge < -0.3 is 4.90 Å². The van der Waals surface area contributed by atoms with Crippen molar-refractivity contribution in [1.29, 1.82) is 0 Å². The molecule has 2 heterocycles. The summed E-state index contributed by atoms with van der Waals surface area (Å²) in [5.41, 5.74) is 1.60. The number of nitrogens with one attached hydrogen (secondary N) is 1. The van der Waals surface area contributed by atoms with Crippen molar-refractivity contribution >= 4 is 33.0 Å². The second-order valence-electron chi connectivity index (χ2n) is 6.31. The maximum absolute atomic E-state index is 12.5. The van der Waals surface area contributed by atoms with Crippen LogP contribution in [-0.4, -0.2) is 32.3 Å². The Morgan fingerprint density at radius 2 is 1.76 bits per heavy atom. The van der Waals surface area contributed by atoms with Crippen molar-refractivity contribution in [1.82, 2.24) is 4.90 Å². The fraction of sp³-hybridized carbons (Fsp3) is 0.389. The number of aryl methyl sites for hydroxylation is 1. The standard InChI is InChI=1S/C18H22N2O3S2/c1-14-5-7-15(8-6-14)19-25(22,23)18-10-9-16(24-18)13-17(21)20-11-3-2-4-12-20/h5-10,19H,2-4,11-13H2,1H3. The van der Waals surface area contributed by atoms with Gasteiger partial charge in [0.2, 0.25) is 5.91 Å². The summed E-state index contributed by atoms with van der Waals surface area (Å²) >= 11 is 1.16. The van der Waals surface area contributed by atoms with E-state index in [1.807, 2.05) is 24.0 Å². The van der Waals surface area contributed by atoms with Crippen molar-refractivity contribution in [2.75, 3.05) is 17.8 Å². The molecular formula is C18H22N2O3S2. The Morgan fingerprint density at radius 1 is 1.08 bits per heavy atom. The number of anilines is 1. The SMILES string of the molecule is Cc1ccc(NS(=O)(=O)c2ccc(CC(=O)N3CCCCC3)s2)cc1. The van der Waals surface area contributed by atoms with Gasteiger partial charge in [-0.25, -0.2) is 8.42 Å². The van der Waals surface area contributed by atoms with E-state index in [1.54, 1.807) is 24.3 Å². The van der Waals surface area contributed by atoms with Gasteiger partial charge in [0.05, 0.1) is 6.42 Å². The van der Waals surface area contributed by atoms with E-state index in [4.69, 9.17) is 0 Å². The van der Waals surface area contributed by atoms with Gasteiger partial charge in [0.1, 0.15) is 4.21 Å². The van der Waals surface area contributed by atoms with E-state index in [2.05, 4.69) is 4.72 Å². The Hall–Kier alpha value is -1.86. The van der Waals surface area contributed by atoms with Crippen LogP contribution in [0.15, 0.2) is 40.6 Å². The second-order valence-corrected chi connectivity index (χ2v) is 9.39. The van der Waals surface area contributed by atoms with Gasteiger partial charge in [0, 0.05) is 23.7 Å². The first-order valence-corrected chi connectivity index (χ1v) is 10.7. The second kappa shape index (κ2) is 7.58. The lowest BCUT2D eigenvalue weighted by atomic mass is 10.1. The minimum atomic E-state index is -3.62.